The van der Waals surface area contributed by atoms with Crippen LogP contribution in [-0.4, -0.2) is 22.3 Å². The Kier molecular flexibility index (Phi) is 2.99. The molecule has 1 aromatic rings. The van der Waals surface area contributed by atoms with E-state index in [1.165, 1.54) is 10.6 Å². The Bertz CT molecular complexity index is 458. The maximum Gasteiger partial charge on any atom is 0.329 e. The molecule has 1 heterocycles. The summed E-state index contributed by atoms with van der Waals surface area (Å²) in [6, 6.07) is 1.17. The van der Waals surface area contributed by atoms with Gasteiger partial charge in [0.1, 0.15) is 5.82 Å². The number of methoxy groups -OCH3 is 1. The van der Waals surface area contributed by atoms with Crippen LogP contribution in [0.5, 0.6) is 0 Å². The molecule has 1 aromatic heterocycles. The number of nitrogens with one attached hydrogen (secondary N) is 1. The van der Waals surface area contributed by atoms with Gasteiger partial charge in [-0.25, -0.2) is 4.79 Å². The number of nitrogens with zero attached hydrogens (tertiary/aromatic N) is 1. The number of rotatable bonds is 3. The largest absolute Gasteiger partial charge is 0.385 e. The SMILES string of the molecule is COC(C)(C)Cn1c(N)cc(=O)[nH]c1=O. The molecule has 15 heavy (non-hydrogen) atoms. The van der Waals surface area contributed by atoms with E-state index in [1.807, 2.05) is 13.8 Å². The molecule has 0 radical (unpaired) electrons. The molecule has 0 atom stereocenters. The zero-order chi connectivity index (χ0) is 11.6. The first-order valence-corrected chi connectivity index (χ1v) is 4.50. The molecule has 6 heteroatoms. The number of hydrogen-bond donors (Lipinski definition) is 2. The van der Waals surface area contributed by atoms with Crippen molar-refractivity contribution in [2.45, 2.75) is 26.0 Å². The monoisotopic (exact) mass is 213 g/mol. The van der Waals surface area contributed by atoms with Gasteiger partial charge in [-0.2, -0.15) is 0 Å². The van der Waals surface area contributed by atoms with Crippen molar-refractivity contribution in [3.8, 4) is 0 Å². The first kappa shape index (κ1) is 11.5. The molecule has 0 unspecified atom stereocenters. The van der Waals surface area contributed by atoms with E-state index in [-0.39, 0.29) is 12.4 Å². The summed E-state index contributed by atoms with van der Waals surface area (Å²) in [5.41, 5.74) is 4.03. The Hall–Kier alpha value is -1.56. The molecular weight excluding hydrogens is 198 g/mol. The maximum absolute atomic E-state index is 11.4. The molecule has 0 aliphatic rings. The van der Waals surface area contributed by atoms with Crippen molar-refractivity contribution in [2.24, 2.45) is 0 Å². The first-order valence-electron chi connectivity index (χ1n) is 4.50. The molecule has 0 saturated heterocycles. The van der Waals surface area contributed by atoms with Crippen LogP contribution in [0.1, 0.15) is 13.8 Å². The summed E-state index contributed by atoms with van der Waals surface area (Å²) >= 11 is 0. The van der Waals surface area contributed by atoms with Gasteiger partial charge in [-0.05, 0) is 13.8 Å². The minimum atomic E-state index is -0.523. The molecule has 0 aliphatic carbocycles. The number of nitrogens with two attached hydrogens (primary N) is 1. The van der Waals surface area contributed by atoms with Crippen molar-refractivity contribution in [3.63, 3.8) is 0 Å². The minimum Gasteiger partial charge on any atom is -0.385 e. The molecule has 0 fully saturated rings. The molecule has 3 N–H and O–H groups in total. The van der Waals surface area contributed by atoms with Crippen LogP contribution in [0.25, 0.3) is 0 Å². The van der Waals surface area contributed by atoms with Crippen molar-refractivity contribution >= 4 is 5.82 Å². The highest BCUT2D eigenvalue weighted by Crippen LogP contribution is 2.10. The Balaban J connectivity index is 3.17. The molecule has 1 rings (SSSR count). The third-order valence-electron chi connectivity index (χ3n) is 2.16. The van der Waals surface area contributed by atoms with E-state index in [0.29, 0.717) is 0 Å². The van der Waals surface area contributed by atoms with E-state index in [1.54, 1.807) is 7.11 Å². The maximum atomic E-state index is 11.4. The Morgan fingerprint density at radius 3 is 2.60 bits per heavy atom. The summed E-state index contributed by atoms with van der Waals surface area (Å²) in [4.78, 5) is 24.5. The van der Waals surface area contributed by atoms with Gasteiger partial charge < -0.3 is 10.5 Å². The topological polar surface area (TPSA) is 90.1 Å². The van der Waals surface area contributed by atoms with Crippen LogP contribution in [0.15, 0.2) is 15.7 Å². The lowest BCUT2D eigenvalue weighted by molar-refractivity contribution is 0.00756. The Morgan fingerprint density at radius 1 is 1.53 bits per heavy atom. The van der Waals surface area contributed by atoms with Crippen LogP contribution in [0.2, 0.25) is 0 Å². The van der Waals surface area contributed by atoms with E-state index in [4.69, 9.17) is 10.5 Å². The molecule has 0 aromatic carbocycles. The normalized spacial score (nSPS) is 11.7. The zero-order valence-electron chi connectivity index (χ0n) is 9.03. The summed E-state index contributed by atoms with van der Waals surface area (Å²) in [5, 5.41) is 0. The van der Waals surface area contributed by atoms with Gasteiger partial charge in [-0.15, -0.1) is 0 Å². The van der Waals surface area contributed by atoms with Crippen molar-refractivity contribution in [2.75, 3.05) is 12.8 Å². The molecule has 6 nitrogen and oxygen atoms in total. The molecule has 0 bridgehead atoms. The number of hydrogen-bond acceptors (Lipinski definition) is 4. The average Bonchev–Trinajstić information content (AvgIpc) is 2.11. The van der Waals surface area contributed by atoms with Crippen molar-refractivity contribution in [3.05, 3.63) is 26.9 Å². The fourth-order valence-electron chi connectivity index (χ4n) is 1.15. The third-order valence-corrected chi connectivity index (χ3v) is 2.16. The highest BCUT2D eigenvalue weighted by molar-refractivity contribution is 5.26. The van der Waals surface area contributed by atoms with Crippen LogP contribution in [0.4, 0.5) is 5.82 Å². The van der Waals surface area contributed by atoms with Crippen LogP contribution in [0.3, 0.4) is 0 Å². The van der Waals surface area contributed by atoms with Gasteiger partial charge >= 0.3 is 5.69 Å². The molecule has 84 valence electrons. The summed E-state index contributed by atoms with van der Waals surface area (Å²) in [6.45, 7) is 3.93. The van der Waals surface area contributed by atoms with Crippen molar-refractivity contribution < 1.29 is 4.74 Å². The van der Waals surface area contributed by atoms with E-state index in [9.17, 15) is 9.59 Å². The Labute approximate surface area is 86.7 Å². The summed E-state index contributed by atoms with van der Waals surface area (Å²) in [5.74, 6) is 0.133. The fourth-order valence-corrected chi connectivity index (χ4v) is 1.15. The lowest BCUT2D eigenvalue weighted by atomic mass is 10.1. The highest BCUT2D eigenvalue weighted by atomic mass is 16.5. The zero-order valence-corrected chi connectivity index (χ0v) is 9.03. The second-order valence-corrected chi connectivity index (χ2v) is 3.91. The number of H-pyrrole nitrogens is 1. The van der Waals surface area contributed by atoms with Crippen LogP contribution >= 0.6 is 0 Å². The lowest BCUT2D eigenvalue weighted by Gasteiger charge is -2.24. The second-order valence-electron chi connectivity index (χ2n) is 3.91. The quantitative estimate of drug-likeness (QED) is 0.711. The van der Waals surface area contributed by atoms with Gasteiger partial charge in [0.15, 0.2) is 0 Å². The third kappa shape index (κ3) is 2.69. The lowest BCUT2D eigenvalue weighted by Crippen LogP contribution is -2.39. The number of aromatic amines is 1. The second kappa shape index (κ2) is 3.90. The van der Waals surface area contributed by atoms with E-state index in [0.717, 1.165) is 0 Å². The Morgan fingerprint density at radius 2 is 2.13 bits per heavy atom. The highest BCUT2D eigenvalue weighted by Gasteiger charge is 2.19. The predicted molar refractivity (Wildman–Crippen MR) is 56.8 cm³/mol. The fraction of sp³-hybridized carbons (Fsp3) is 0.556. The van der Waals surface area contributed by atoms with Gasteiger partial charge in [0.25, 0.3) is 5.56 Å². The number of ether oxygens (including phenoxy) is 1. The standard InChI is InChI=1S/C9H15N3O3/c1-9(2,15-3)5-12-6(10)4-7(13)11-8(12)14/h4H,5,10H2,1-3H3,(H,11,13,14). The minimum absolute atomic E-state index is 0.133. The number of aromatic nitrogens is 2. The van der Waals surface area contributed by atoms with Crippen molar-refractivity contribution in [1.82, 2.24) is 9.55 Å². The first-order chi connectivity index (χ1) is 6.85. The van der Waals surface area contributed by atoms with Gasteiger partial charge in [-0.3, -0.25) is 14.3 Å². The van der Waals surface area contributed by atoms with Crippen LogP contribution < -0.4 is 17.0 Å². The molecule has 0 aliphatic heterocycles. The molecule has 0 spiro atoms. The molecule has 0 amide bonds. The summed E-state index contributed by atoms with van der Waals surface area (Å²) in [6.07, 6.45) is 0. The van der Waals surface area contributed by atoms with E-state index < -0.39 is 16.9 Å². The molecule has 0 saturated carbocycles. The van der Waals surface area contributed by atoms with Gasteiger partial charge in [0.2, 0.25) is 0 Å². The van der Waals surface area contributed by atoms with E-state index in [2.05, 4.69) is 4.98 Å². The van der Waals surface area contributed by atoms with Gasteiger partial charge in [-0.1, -0.05) is 0 Å². The van der Waals surface area contributed by atoms with Gasteiger partial charge in [0, 0.05) is 13.2 Å². The average molecular weight is 213 g/mol. The van der Waals surface area contributed by atoms with Crippen LogP contribution in [-0.2, 0) is 11.3 Å². The molecular formula is C9H15N3O3. The van der Waals surface area contributed by atoms with Crippen molar-refractivity contribution in [1.29, 1.82) is 0 Å². The van der Waals surface area contributed by atoms with E-state index >= 15 is 0 Å². The predicted octanol–water partition coefficient (Wildman–Crippen LogP) is -0.456. The van der Waals surface area contributed by atoms with Gasteiger partial charge in [0.05, 0.1) is 12.1 Å². The number of nitrogen functional groups attached to an aromatic ring is 1. The smallest absolute Gasteiger partial charge is 0.329 e. The van der Waals surface area contributed by atoms with Crippen LogP contribution in [0, 0.1) is 0 Å². The summed E-state index contributed by atoms with van der Waals surface area (Å²) < 4.78 is 6.44. The summed E-state index contributed by atoms with van der Waals surface area (Å²) in [7, 11) is 1.55. The number of anilines is 1.